The summed E-state index contributed by atoms with van der Waals surface area (Å²) < 4.78 is 0.267. The van der Waals surface area contributed by atoms with Crippen molar-refractivity contribution in [1.82, 2.24) is 0 Å². The van der Waals surface area contributed by atoms with Crippen molar-refractivity contribution in [2.75, 3.05) is 0 Å². The van der Waals surface area contributed by atoms with Crippen molar-refractivity contribution in [3.8, 4) is 11.1 Å². The molecule has 2 aromatic rings. The van der Waals surface area contributed by atoms with Crippen molar-refractivity contribution in [3.63, 3.8) is 0 Å². The van der Waals surface area contributed by atoms with E-state index < -0.39 is 19.4 Å². The van der Waals surface area contributed by atoms with Crippen LogP contribution in [0.15, 0.2) is 35.9 Å². The van der Waals surface area contributed by atoms with Crippen LogP contribution in [0.2, 0.25) is 0 Å². The normalized spacial score (nSPS) is 16.2. The Morgan fingerprint density at radius 2 is 1.44 bits per heavy atom. The fourth-order valence-corrected chi connectivity index (χ4v) is 10.3. The van der Waals surface area contributed by atoms with E-state index in [-0.39, 0.29) is 9.04 Å². The maximum absolute atomic E-state index is 6.77. The zero-order valence-electron chi connectivity index (χ0n) is 21.2. The van der Waals surface area contributed by atoms with E-state index in [0.29, 0.717) is 17.8 Å². The zero-order valence-corrected chi connectivity index (χ0v) is 25.2. The monoisotopic (exact) mass is 547 g/mol. The van der Waals surface area contributed by atoms with E-state index in [4.69, 9.17) is 17.0 Å². The van der Waals surface area contributed by atoms with Crippen LogP contribution >= 0.6 is 17.0 Å². The molecule has 1 atom stereocenters. The topological polar surface area (TPSA) is 0 Å². The summed E-state index contributed by atoms with van der Waals surface area (Å²) in [5.74, 6) is 1.58. The van der Waals surface area contributed by atoms with Gasteiger partial charge in [-0.25, -0.2) is 0 Å². The maximum atomic E-state index is 6.77. The number of allylic oxidation sites excluding steroid dienone is 1. The molecule has 3 heteroatoms. The van der Waals surface area contributed by atoms with E-state index in [9.17, 15) is 0 Å². The van der Waals surface area contributed by atoms with E-state index in [1.54, 1.807) is 0 Å². The molecule has 0 aromatic heterocycles. The van der Waals surface area contributed by atoms with Gasteiger partial charge in [-0.3, -0.25) is 0 Å². The van der Waals surface area contributed by atoms with Crippen molar-refractivity contribution in [1.29, 1.82) is 0 Å². The van der Waals surface area contributed by atoms with Gasteiger partial charge in [0, 0.05) is 0 Å². The second-order valence-electron chi connectivity index (χ2n) is 11.5. The molecule has 1 unspecified atom stereocenters. The first kappa shape index (κ1) is 26.3. The Balaban J connectivity index is 2.37. The number of rotatable bonds is 6. The van der Waals surface area contributed by atoms with Crippen molar-refractivity contribution < 1.29 is 19.4 Å². The van der Waals surface area contributed by atoms with Gasteiger partial charge >= 0.3 is 213 Å². The molecule has 0 heterocycles. The third-order valence-electron chi connectivity index (χ3n) is 6.56. The molecule has 1 aliphatic carbocycles. The van der Waals surface area contributed by atoms with Crippen molar-refractivity contribution in [2.24, 2.45) is 5.92 Å². The van der Waals surface area contributed by atoms with Gasteiger partial charge in [-0.15, -0.1) is 0 Å². The van der Waals surface area contributed by atoms with Gasteiger partial charge in [-0.2, -0.15) is 0 Å². The molecule has 32 heavy (non-hydrogen) atoms. The SMILES string of the molecule is CC(C)CC1=Cc2c(ccc(C(C)(C)C)c2-c2cc(C(C)C)cc(C(C)C)c2)[CH]1[Zr]([Cl])[Cl]. The molecule has 0 radical (unpaired) electrons. The van der Waals surface area contributed by atoms with Crippen LogP contribution in [0.5, 0.6) is 0 Å². The summed E-state index contributed by atoms with van der Waals surface area (Å²) in [4.78, 5) is 0. The zero-order chi connectivity index (χ0) is 24.0. The van der Waals surface area contributed by atoms with Crippen molar-refractivity contribution in [2.45, 2.75) is 89.6 Å². The van der Waals surface area contributed by atoms with Crippen LogP contribution in [-0.2, 0) is 24.8 Å². The standard InChI is InChI=1S/C29H39.2ClH.Zr/c1-18(2)12-21-13-22-10-11-27(29(7,8)9)28(26(22)14-21)25-16-23(19(3)4)15-24(17-25)20(5)6;;;/h10-11,13-20H,12H2,1-9H3;2*1H;/q;;;+2/p-2. The first-order valence-electron chi connectivity index (χ1n) is 12.0. The molecule has 1 aliphatic rings. The number of hydrogen-bond acceptors (Lipinski definition) is 0. The number of hydrogen-bond donors (Lipinski definition) is 0. The van der Waals surface area contributed by atoms with Crippen LogP contribution in [0.4, 0.5) is 0 Å². The molecular weight excluding hydrogens is 510 g/mol. The molecule has 173 valence electrons. The van der Waals surface area contributed by atoms with Crippen LogP contribution < -0.4 is 0 Å². The summed E-state index contributed by atoms with van der Waals surface area (Å²) in [6, 6.07) is 11.9. The predicted molar refractivity (Wildman–Crippen MR) is 141 cm³/mol. The van der Waals surface area contributed by atoms with Crippen LogP contribution in [-0.4, -0.2) is 0 Å². The molecular formula is C29H39Cl2Zr. The van der Waals surface area contributed by atoms with Crippen LogP contribution in [0.25, 0.3) is 17.2 Å². The summed E-state index contributed by atoms with van der Waals surface area (Å²) >= 11 is -2.54. The van der Waals surface area contributed by atoms with E-state index in [2.05, 4.69) is 98.7 Å². The van der Waals surface area contributed by atoms with Gasteiger partial charge in [0.05, 0.1) is 0 Å². The van der Waals surface area contributed by atoms with Gasteiger partial charge in [0.2, 0.25) is 0 Å². The Labute approximate surface area is 211 Å². The fourth-order valence-electron chi connectivity index (χ4n) is 4.84. The van der Waals surface area contributed by atoms with Crippen LogP contribution in [0.3, 0.4) is 0 Å². The summed E-state index contributed by atoms with van der Waals surface area (Å²) in [5, 5.41) is 0. The number of fused-ring (bicyclic) bond motifs is 1. The average Bonchev–Trinajstić information content (AvgIpc) is 3.03. The van der Waals surface area contributed by atoms with Crippen molar-refractivity contribution in [3.05, 3.63) is 63.7 Å². The molecule has 0 bridgehead atoms. The quantitative estimate of drug-likeness (QED) is 0.336. The van der Waals surface area contributed by atoms with Gasteiger partial charge in [-0.1, -0.05) is 0 Å². The average molecular weight is 550 g/mol. The Morgan fingerprint density at radius 1 is 0.875 bits per heavy atom. The first-order chi connectivity index (χ1) is 14.8. The molecule has 0 fully saturated rings. The fraction of sp³-hybridized carbons (Fsp3) is 0.517. The molecule has 0 spiro atoms. The molecule has 0 N–H and O–H groups in total. The second kappa shape index (κ2) is 10.1. The van der Waals surface area contributed by atoms with Gasteiger partial charge in [-0.05, 0) is 0 Å². The second-order valence-corrected chi connectivity index (χ2v) is 20.3. The number of benzene rings is 2. The summed E-state index contributed by atoms with van der Waals surface area (Å²) in [7, 11) is 13.5. The third-order valence-corrected chi connectivity index (χ3v) is 11.9. The molecule has 0 aliphatic heterocycles. The molecule has 0 saturated carbocycles. The molecule has 0 nitrogen and oxygen atoms in total. The Hall–Kier alpha value is -0.357. The first-order valence-corrected chi connectivity index (χ1v) is 19.8. The van der Waals surface area contributed by atoms with Crippen LogP contribution in [0, 0.1) is 5.92 Å². The summed E-state index contributed by atoms with van der Waals surface area (Å²) in [5.41, 5.74) is 11.2. The number of halogens is 2. The predicted octanol–water partition coefficient (Wildman–Crippen LogP) is 10.3. The van der Waals surface area contributed by atoms with E-state index >= 15 is 0 Å². The Morgan fingerprint density at radius 3 is 1.88 bits per heavy atom. The van der Waals surface area contributed by atoms with Crippen LogP contribution in [0.1, 0.15) is 112 Å². The summed E-state index contributed by atoms with van der Waals surface area (Å²) in [6.45, 7) is 20.7. The molecule has 0 saturated heterocycles. The van der Waals surface area contributed by atoms with E-state index in [1.807, 2.05) is 0 Å². The summed E-state index contributed by atoms with van der Waals surface area (Å²) in [6.07, 6.45) is 3.52. The molecule has 2 aromatic carbocycles. The van der Waals surface area contributed by atoms with Gasteiger partial charge in [0.15, 0.2) is 0 Å². The minimum atomic E-state index is -2.54. The van der Waals surface area contributed by atoms with Gasteiger partial charge in [0.25, 0.3) is 0 Å². The minimum absolute atomic E-state index is 0.0455. The van der Waals surface area contributed by atoms with Gasteiger partial charge < -0.3 is 0 Å². The Bertz CT molecular complexity index is 980. The Kier molecular flexibility index (Phi) is 8.28. The van der Waals surface area contributed by atoms with E-state index in [1.165, 1.54) is 44.5 Å². The third kappa shape index (κ3) is 5.48. The van der Waals surface area contributed by atoms with E-state index in [0.717, 1.165) is 6.42 Å². The molecule has 3 rings (SSSR count). The molecule has 0 amide bonds. The van der Waals surface area contributed by atoms with Gasteiger partial charge in [0.1, 0.15) is 0 Å². The van der Waals surface area contributed by atoms with Crippen molar-refractivity contribution >= 4 is 23.1 Å².